The summed E-state index contributed by atoms with van der Waals surface area (Å²) in [6.45, 7) is 5.34. The molecule has 1 aromatic heterocycles. The van der Waals surface area contributed by atoms with Crippen LogP contribution >= 0.6 is 12.2 Å². The minimum atomic E-state index is -0.304. The monoisotopic (exact) mass is 434 g/mol. The molecule has 2 aromatic carbocycles. The lowest BCUT2D eigenvalue weighted by molar-refractivity contribution is 0.393. The van der Waals surface area contributed by atoms with Gasteiger partial charge in [0.1, 0.15) is 5.82 Å². The number of nitrogens with zero attached hydrogens (tertiary/aromatic N) is 4. The molecular formula is C23H23FN6S. The van der Waals surface area contributed by atoms with Gasteiger partial charge in [0.2, 0.25) is 17.0 Å². The molecule has 6 nitrogen and oxygen atoms in total. The number of thiocarbonyl (C=S) groups is 1. The fourth-order valence-corrected chi connectivity index (χ4v) is 3.72. The van der Waals surface area contributed by atoms with Crippen LogP contribution in [0.4, 0.5) is 16.0 Å². The van der Waals surface area contributed by atoms with E-state index in [4.69, 9.17) is 12.2 Å². The van der Waals surface area contributed by atoms with Crippen LogP contribution in [0.1, 0.15) is 22.5 Å². The van der Waals surface area contributed by atoms with Crippen molar-refractivity contribution in [2.24, 2.45) is 4.99 Å². The van der Waals surface area contributed by atoms with Gasteiger partial charge in [-0.15, -0.1) is 0 Å². The van der Waals surface area contributed by atoms with Crippen molar-refractivity contribution in [2.45, 2.75) is 26.8 Å². The van der Waals surface area contributed by atoms with Crippen molar-refractivity contribution in [1.29, 1.82) is 0 Å². The van der Waals surface area contributed by atoms with E-state index in [1.807, 2.05) is 26.0 Å². The zero-order valence-electron chi connectivity index (χ0n) is 17.4. The summed E-state index contributed by atoms with van der Waals surface area (Å²) in [7, 11) is 0. The summed E-state index contributed by atoms with van der Waals surface area (Å²) < 4.78 is 13.2. The second-order valence-corrected chi connectivity index (χ2v) is 7.80. The molecule has 31 heavy (non-hydrogen) atoms. The molecule has 158 valence electrons. The van der Waals surface area contributed by atoms with Crippen LogP contribution in [0.25, 0.3) is 0 Å². The van der Waals surface area contributed by atoms with E-state index in [0.29, 0.717) is 24.1 Å². The van der Waals surface area contributed by atoms with E-state index in [9.17, 15) is 4.39 Å². The molecule has 1 aliphatic rings. The Bertz CT molecular complexity index is 1110. The summed E-state index contributed by atoms with van der Waals surface area (Å²) in [5.74, 6) is 0.736. The van der Waals surface area contributed by atoms with Gasteiger partial charge in [-0.2, -0.15) is 4.99 Å². The van der Waals surface area contributed by atoms with E-state index in [0.717, 1.165) is 24.4 Å². The van der Waals surface area contributed by atoms with E-state index in [2.05, 4.69) is 48.7 Å². The Hall–Kier alpha value is -3.39. The van der Waals surface area contributed by atoms with E-state index in [1.54, 1.807) is 12.1 Å². The number of fused-ring (bicyclic) bond motifs is 1. The van der Waals surface area contributed by atoms with Crippen molar-refractivity contribution in [3.8, 4) is 0 Å². The second-order valence-electron chi connectivity index (χ2n) is 7.41. The molecule has 0 aliphatic carbocycles. The van der Waals surface area contributed by atoms with Crippen molar-refractivity contribution in [1.82, 2.24) is 14.9 Å². The number of aromatic nitrogens is 2. The molecule has 2 N–H and O–H groups in total. The zero-order chi connectivity index (χ0) is 21.8. The van der Waals surface area contributed by atoms with Gasteiger partial charge in [0.25, 0.3) is 0 Å². The van der Waals surface area contributed by atoms with E-state index in [1.165, 1.54) is 23.3 Å². The third kappa shape index (κ3) is 5.40. The molecule has 4 rings (SSSR count). The van der Waals surface area contributed by atoms with Gasteiger partial charge >= 0.3 is 0 Å². The molecule has 0 spiro atoms. The molecule has 3 aromatic rings. The van der Waals surface area contributed by atoms with Gasteiger partial charge in [0, 0.05) is 30.2 Å². The Kier molecular flexibility index (Phi) is 6.18. The third-order valence-corrected chi connectivity index (χ3v) is 5.13. The Morgan fingerprint density at radius 1 is 1.00 bits per heavy atom. The molecule has 2 heterocycles. The van der Waals surface area contributed by atoms with Crippen LogP contribution in [0.2, 0.25) is 0 Å². The molecule has 1 aliphatic heterocycles. The van der Waals surface area contributed by atoms with Crippen molar-refractivity contribution in [3.63, 3.8) is 0 Å². The molecule has 0 saturated heterocycles. The smallest absolute Gasteiger partial charge is 0.229 e. The first-order chi connectivity index (χ1) is 15.0. The van der Waals surface area contributed by atoms with Gasteiger partial charge in [-0.05, 0) is 73.9 Å². The zero-order valence-corrected chi connectivity index (χ0v) is 18.2. The van der Waals surface area contributed by atoms with Crippen LogP contribution < -0.4 is 10.6 Å². The van der Waals surface area contributed by atoms with Crippen LogP contribution in [-0.4, -0.2) is 32.5 Å². The second kappa shape index (κ2) is 9.18. The highest BCUT2D eigenvalue weighted by Crippen LogP contribution is 2.19. The predicted octanol–water partition coefficient (Wildman–Crippen LogP) is 4.46. The van der Waals surface area contributed by atoms with Gasteiger partial charge in [-0.3, -0.25) is 5.32 Å². The number of halogens is 1. The van der Waals surface area contributed by atoms with Crippen LogP contribution in [0.5, 0.6) is 0 Å². The van der Waals surface area contributed by atoms with Gasteiger partial charge < -0.3 is 10.2 Å². The van der Waals surface area contributed by atoms with E-state index in [-0.39, 0.29) is 10.9 Å². The SMILES string of the molecule is Cc1cc(C)nc(N/C(=N/C(=S)Nc2ccc(F)cc2)N2CCc3ccccc3C2)n1. The van der Waals surface area contributed by atoms with Gasteiger partial charge in [-0.1, -0.05) is 24.3 Å². The Balaban J connectivity index is 1.60. The summed E-state index contributed by atoms with van der Waals surface area (Å²) >= 11 is 5.46. The largest absolute Gasteiger partial charge is 0.338 e. The lowest BCUT2D eigenvalue weighted by atomic mass is 10.0. The molecular weight excluding hydrogens is 411 g/mol. The van der Waals surface area contributed by atoms with E-state index >= 15 is 0 Å². The topological polar surface area (TPSA) is 65.4 Å². The average Bonchev–Trinajstić information content (AvgIpc) is 2.74. The molecule has 0 fully saturated rings. The lowest BCUT2D eigenvalue weighted by Crippen LogP contribution is -2.41. The van der Waals surface area contributed by atoms with Crippen LogP contribution in [-0.2, 0) is 13.0 Å². The maximum atomic E-state index is 13.2. The van der Waals surface area contributed by atoms with Crippen molar-refractivity contribution in [2.75, 3.05) is 17.2 Å². The van der Waals surface area contributed by atoms with Crippen molar-refractivity contribution < 1.29 is 4.39 Å². The number of anilines is 2. The molecule has 0 unspecified atom stereocenters. The van der Waals surface area contributed by atoms with Gasteiger partial charge in [0.15, 0.2) is 0 Å². The maximum absolute atomic E-state index is 13.2. The van der Waals surface area contributed by atoms with Crippen molar-refractivity contribution in [3.05, 3.63) is 82.9 Å². The fourth-order valence-electron chi connectivity index (χ4n) is 3.52. The summed E-state index contributed by atoms with van der Waals surface area (Å²) in [6, 6.07) is 16.3. The first-order valence-corrected chi connectivity index (χ1v) is 10.4. The molecule has 0 atom stereocenters. The Labute approximate surface area is 186 Å². The quantitative estimate of drug-likeness (QED) is 0.353. The van der Waals surface area contributed by atoms with Crippen LogP contribution in [0, 0.1) is 19.7 Å². The van der Waals surface area contributed by atoms with Gasteiger partial charge in [0.05, 0.1) is 0 Å². The van der Waals surface area contributed by atoms with Crippen LogP contribution in [0.15, 0.2) is 59.6 Å². The summed E-state index contributed by atoms with van der Waals surface area (Å²) in [5.41, 5.74) is 4.99. The molecule has 0 amide bonds. The highest BCUT2D eigenvalue weighted by molar-refractivity contribution is 7.80. The molecule has 0 saturated carbocycles. The van der Waals surface area contributed by atoms with E-state index < -0.39 is 0 Å². The van der Waals surface area contributed by atoms with Crippen molar-refractivity contribution >= 4 is 34.9 Å². The highest BCUT2D eigenvalue weighted by Gasteiger charge is 2.20. The number of rotatable bonds is 2. The lowest BCUT2D eigenvalue weighted by Gasteiger charge is -2.31. The Morgan fingerprint density at radius 3 is 2.39 bits per heavy atom. The number of nitrogens with one attached hydrogen (secondary N) is 2. The minimum absolute atomic E-state index is 0.261. The summed E-state index contributed by atoms with van der Waals surface area (Å²) in [6.07, 6.45) is 0.905. The standard InChI is InChI=1S/C23H23FN6S/c1-15-13-16(2)26-21(25-15)28-22(29-23(31)27-20-9-7-19(24)8-10-20)30-12-11-17-5-3-4-6-18(17)14-30/h3-10,13H,11-12,14H2,1-2H3,(H2,25,26,27,28,29,31). The molecule has 0 radical (unpaired) electrons. The third-order valence-electron chi connectivity index (χ3n) is 4.94. The number of benzene rings is 2. The number of hydrogen-bond donors (Lipinski definition) is 2. The average molecular weight is 435 g/mol. The molecule has 8 heteroatoms. The fraction of sp³-hybridized carbons (Fsp3) is 0.217. The Morgan fingerprint density at radius 2 is 1.68 bits per heavy atom. The predicted molar refractivity (Wildman–Crippen MR) is 126 cm³/mol. The first kappa shape index (κ1) is 20.9. The summed E-state index contributed by atoms with van der Waals surface area (Å²) in [5, 5.41) is 6.55. The highest BCUT2D eigenvalue weighted by atomic mass is 32.1. The van der Waals surface area contributed by atoms with Crippen LogP contribution in [0.3, 0.4) is 0 Å². The minimum Gasteiger partial charge on any atom is -0.338 e. The number of aliphatic imine (C=N–C) groups is 1. The number of aryl methyl sites for hydroxylation is 2. The first-order valence-electron chi connectivity index (χ1n) is 10.0. The number of hydrogen-bond acceptors (Lipinski definition) is 3. The molecule has 0 bridgehead atoms. The maximum Gasteiger partial charge on any atom is 0.229 e. The van der Waals surface area contributed by atoms with Gasteiger partial charge in [-0.25, -0.2) is 14.4 Å². The number of guanidine groups is 1. The normalized spacial score (nSPS) is 13.5. The summed E-state index contributed by atoms with van der Waals surface area (Å²) in [4.78, 5) is 15.7.